The molecule has 5 heteroatoms. The largest absolute Gasteiger partial charge is 0.493 e. The summed E-state index contributed by atoms with van der Waals surface area (Å²) in [6.45, 7) is 4.64. The van der Waals surface area contributed by atoms with E-state index in [0.717, 1.165) is 12.1 Å². The van der Waals surface area contributed by atoms with Gasteiger partial charge in [-0.15, -0.1) is 0 Å². The van der Waals surface area contributed by atoms with Crippen molar-refractivity contribution in [2.75, 3.05) is 13.7 Å². The zero-order valence-corrected chi connectivity index (χ0v) is 12.9. The van der Waals surface area contributed by atoms with Gasteiger partial charge in [-0.25, -0.2) is 0 Å². The predicted molar refractivity (Wildman–Crippen MR) is 81.6 cm³/mol. The summed E-state index contributed by atoms with van der Waals surface area (Å²) in [7, 11) is 1.60. The smallest absolute Gasteiger partial charge is 0.258 e. The number of methoxy groups -OCH3 is 1. The number of hydrogen-bond donors (Lipinski definition) is 2. The van der Waals surface area contributed by atoms with Gasteiger partial charge in [-0.1, -0.05) is 6.07 Å². The average molecular weight is 292 g/mol. The maximum Gasteiger partial charge on any atom is 0.258 e. The average Bonchev–Trinajstić information content (AvgIpc) is 3.26. The summed E-state index contributed by atoms with van der Waals surface area (Å²) in [6, 6.07) is 6.58. The second-order valence-electron chi connectivity index (χ2n) is 5.65. The summed E-state index contributed by atoms with van der Waals surface area (Å²) in [6.07, 6.45) is 2.52. The van der Waals surface area contributed by atoms with E-state index in [4.69, 9.17) is 9.47 Å². The van der Waals surface area contributed by atoms with E-state index in [2.05, 4.69) is 10.6 Å². The van der Waals surface area contributed by atoms with E-state index in [1.54, 1.807) is 7.11 Å². The molecule has 0 aromatic heterocycles. The van der Waals surface area contributed by atoms with E-state index in [-0.39, 0.29) is 18.6 Å². The van der Waals surface area contributed by atoms with Crippen LogP contribution < -0.4 is 20.1 Å². The summed E-state index contributed by atoms with van der Waals surface area (Å²) >= 11 is 0. The molecule has 1 aliphatic rings. The topological polar surface area (TPSA) is 59.6 Å². The van der Waals surface area contributed by atoms with Crippen molar-refractivity contribution in [2.24, 2.45) is 0 Å². The molecule has 0 heterocycles. The van der Waals surface area contributed by atoms with Crippen LogP contribution in [0.2, 0.25) is 0 Å². The van der Waals surface area contributed by atoms with E-state index in [0.29, 0.717) is 17.5 Å². The first-order chi connectivity index (χ1) is 10.1. The molecular formula is C16H24N2O3. The van der Waals surface area contributed by atoms with E-state index in [1.807, 2.05) is 32.0 Å². The van der Waals surface area contributed by atoms with Gasteiger partial charge in [-0.2, -0.15) is 0 Å². The third kappa shape index (κ3) is 5.27. The Morgan fingerprint density at radius 3 is 2.71 bits per heavy atom. The SMILES string of the molecule is COc1ccc(CNC2CC2)cc1OCC(=O)NC(C)C. The first-order valence-corrected chi connectivity index (χ1v) is 7.41. The minimum Gasteiger partial charge on any atom is -0.493 e. The molecule has 0 radical (unpaired) electrons. The maximum atomic E-state index is 11.6. The summed E-state index contributed by atoms with van der Waals surface area (Å²) in [5.41, 5.74) is 1.13. The van der Waals surface area contributed by atoms with Crippen LogP contribution in [0.4, 0.5) is 0 Å². The Balaban J connectivity index is 1.94. The van der Waals surface area contributed by atoms with Gasteiger partial charge in [0.1, 0.15) is 0 Å². The van der Waals surface area contributed by atoms with Crippen molar-refractivity contribution in [3.8, 4) is 11.5 Å². The lowest BCUT2D eigenvalue weighted by Crippen LogP contribution is -2.34. The molecule has 1 fully saturated rings. The van der Waals surface area contributed by atoms with E-state index in [9.17, 15) is 4.79 Å². The number of carbonyl (C=O) groups is 1. The van der Waals surface area contributed by atoms with Crippen LogP contribution >= 0.6 is 0 Å². The fourth-order valence-electron chi connectivity index (χ4n) is 2.00. The number of nitrogens with one attached hydrogen (secondary N) is 2. The van der Waals surface area contributed by atoms with Crippen molar-refractivity contribution in [3.05, 3.63) is 23.8 Å². The van der Waals surface area contributed by atoms with Crippen LogP contribution in [-0.4, -0.2) is 31.7 Å². The first kappa shape index (κ1) is 15.6. The molecule has 0 spiro atoms. The van der Waals surface area contributed by atoms with Crippen LogP contribution in [0.3, 0.4) is 0 Å². The zero-order chi connectivity index (χ0) is 15.2. The molecule has 0 saturated heterocycles. The van der Waals surface area contributed by atoms with Gasteiger partial charge in [-0.05, 0) is 44.4 Å². The van der Waals surface area contributed by atoms with Gasteiger partial charge in [0.05, 0.1) is 7.11 Å². The first-order valence-electron chi connectivity index (χ1n) is 7.41. The zero-order valence-electron chi connectivity index (χ0n) is 12.9. The van der Waals surface area contributed by atoms with Crippen LogP contribution in [0.15, 0.2) is 18.2 Å². The highest BCUT2D eigenvalue weighted by Crippen LogP contribution is 2.28. The van der Waals surface area contributed by atoms with Gasteiger partial charge in [-0.3, -0.25) is 4.79 Å². The van der Waals surface area contributed by atoms with E-state index in [1.165, 1.54) is 12.8 Å². The molecule has 1 aliphatic carbocycles. The molecular weight excluding hydrogens is 268 g/mol. The third-order valence-corrected chi connectivity index (χ3v) is 3.21. The summed E-state index contributed by atoms with van der Waals surface area (Å²) in [5, 5.41) is 6.25. The molecule has 1 amide bonds. The second kappa shape index (κ2) is 7.31. The fraction of sp³-hybridized carbons (Fsp3) is 0.562. The van der Waals surface area contributed by atoms with Gasteiger partial charge in [0.25, 0.3) is 5.91 Å². The highest BCUT2D eigenvalue weighted by atomic mass is 16.5. The van der Waals surface area contributed by atoms with Gasteiger partial charge in [0.15, 0.2) is 18.1 Å². The lowest BCUT2D eigenvalue weighted by Gasteiger charge is -2.13. The molecule has 5 nitrogen and oxygen atoms in total. The van der Waals surface area contributed by atoms with Crippen LogP contribution in [-0.2, 0) is 11.3 Å². The Morgan fingerprint density at radius 2 is 2.10 bits per heavy atom. The van der Waals surface area contributed by atoms with Crippen LogP contribution in [0.25, 0.3) is 0 Å². The Morgan fingerprint density at radius 1 is 1.33 bits per heavy atom. The molecule has 0 bridgehead atoms. The van der Waals surface area contributed by atoms with Gasteiger partial charge < -0.3 is 20.1 Å². The molecule has 0 unspecified atom stereocenters. The minimum absolute atomic E-state index is 0.00591. The van der Waals surface area contributed by atoms with Gasteiger partial charge >= 0.3 is 0 Å². The van der Waals surface area contributed by atoms with Crippen LogP contribution in [0.1, 0.15) is 32.3 Å². The molecule has 2 N–H and O–H groups in total. The van der Waals surface area contributed by atoms with Crippen molar-refractivity contribution in [1.82, 2.24) is 10.6 Å². The Labute approximate surface area is 126 Å². The molecule has 1 saturated carbocycles. The number of ether oxygens (including phenoxy) is 2. The lowest BCUT2D eigenvalue weighted by molar-refractivity contribution is -0.123. The van der Waals surface area contributed by atoms with E-state index < -0.39 is 0 Å². The molecule has 0 aliphatic heterocycles. The van der Waals surface area contributed by atoms with Crippen molar-refractivity contribution in [2.45, 2.75) is 45.3 Å². The molecule has 21 heavy (non-hydrogen) atoms. The summed E-state index contributed by atoms with van der Waals surface area (Å²) in [4.78, 5) is 11.6. The van der Waals surface area contributed by atoms with Crippen LogP contribution in [0.5, 0.6) is 11.5 Å². The van der Waals surface area contributed by atoms with E-state index >= 15 is 0 Å². The Hall–Kier alpha value is -1.75. The lowest BCUT2D eigenvalue weighted by atomic mass is 10.2. The molecule has 0 atom stereocenters. The van der Waals surface area contributed by atoms with Gasteiger partial charge in [0.2, 0.25) is 0 Å². The molecule has 116 valence electrons. The quantitative estimate of drug-likeness (QED) is 0.768. The normalized spacial score (nSPS) is 14.1. The number of benzene rings is 1. The standard InChI is InChI=1S/C16H24N2O3/c1-11(2)18-16(19)10-21-15-8-12(4-7-14(15)20-3)9-17-13-5-6-13/h4,7-8,11,13,17H,5-6,9-10H2,1-3H3,(H,18,19). The summed E-state index contributed by atoms with van der Waals surface area (Å²) < 4.78 is 10.9. The Kier molecular flexibility index (Phi) is 5.44. The number of hydrogen-bond acceptors (Lipinski definition) is 4. The monoisotopic (exact) mass is 292 g/mol. The minimum atomic E-state index is -0.131. The number of amides is 1. The van der Waals surface area contributed by atoms with Gasteiger partial charge in [0, 0.05) is 18.6 Å². The Bertz CT molecular complexity index is 484. The van der Waals surface area contributed by atoms with Crippen molar-refractivity contribution in [3.63, 3.8) is 0 Å². The molecule has 1 aromatic rings. The number of rotatable bonds is 8. The van der Waals surface area contributed by atoms with Crippen molar-refractivity contribution in [1.29, 1.82) is 0 Å². The predicted octanol–water partition coefficient (Wildman–Crippen LogP) is 1.85. The highest BCUT2D eigenvalue weighted by molar-refractivity contribution is 5.77. The molecule has 2 rings (SSSR count). The fourth-order valence-corrected chi connectivity index (χ4v) is 2.00. The maximum absolute atomic E-state index is 11.6. The third-order valence-electron chi connectivity index (χ3n) is 3.21. The van der Waals surface area contributed by atoms with Crippen LogP contribution in [0, 0.1) is 0 Å². The summed E-state index contributed by atoms with van der Waals surface area (Å²) in [5.74, 6) is 1.11. The molecule has 1 aromatic carbocycles. The number of carbonyl (C=O) groups excluding carboxylic acids is 1. The second-order valence-corrected chi connectivity index (χ2v) is 5.65. The van der Waals surface area contributed by atoms with Crippen molar-refractivity contribution >= 4 is 5.91 Å². The van der Waals surface area contributed by atoms with Crippen molar-refractivity contribution < 1.29 is 14.3 Å². The highest BCUT2D eigenvalue weighted by Gasteiger charge is 2.20.